The first-order chi connectivity index (χ1) is 12.9. The molecule has 10 heteroatoms. The third-order valence-corrected chi connectivity index (χ3v) is 3.37. The molecule has 0 radical (unpaired) electrons. The van der Waals surface area contributed by atoms with Gasteiger partial charge in [0, 0.05) is 11.3 Å². The molecule has 0 spiro atoms. The van der Waals surface area contributed by atoms with Crippen LogP contribution in [-0.2, 0) is 0 Å². The van der Waals surface area contributed by atoms with Crippen LogP contribution in [0.25, 0.3) is 0 Å². The van der Waals surface area contributed by atoms with Crippen molar-refractivity contribution in [3.05, 3.63) is 47.8 Å². The van der Waals surface area contributed by atoms with Crippen LogP contribution in [0.2, 0.25) is 0 Å². The van der Waals surface area contributed by atoms with Crippen molar-refractivity contribution < 1.29 is 27.4 Å². The SMILES string of the molecule is COc1cc(/C=N\NC(=S)Nc2ccc(F)cc2)cc(OC)c1OC(F)F. The summed E-state index contributed by atoms with van der Waals surface area (Å²) in [6, 6.07) is 8.50. The lowest BCUT2D eigenvalue weighted by atomic mass is 10.2. The monoisotopic (exact) mass is 399 g/mol. The van der Waals surface area contributed by atoms with Crippen LogP contribution < -0.4 is 25.0 Å². The Kier molecular flexibility index (Phi) is 7.24. The number of alkyl halides is 2. The van der Waals surface area contributed by atoms with Gasteiger partial charge in [-0.1, -0.05) is 0 Å². The smallest absolute Gasteiger partial charge is 0.387 e. The Morgan fingerprint density at radius 2 is 1.70 bits per heavy atom. The second-order valence-electron chi connectivity index (χ2n) is 4.96. The molecule has 0 fully saturated rings. The van der Waals surface area contributed by atoms with Crippen LogP contribution in [0.4, 0.5) is 18.9 Å². The van der Waals surface area contributed by atoms with E-state index < -0.39 is 6.61 Å². The molecule has 2 aromatic rings. The van der Waals surface area contributed by atoms with Gasteiger partial charge in [0.15, 0.2) is 16.6 Å². The van der Waals surface area contributed by atoms with E-state index in [0.29, 0.717) is 11.3 Å². The number of hydrogen-bond donors (Lipinski definition) is 2. The first kappa shape index (κ1) is 20.3. The second kappa shape index (κ2) is 9.62. The lowest BCUT2D eigenvalue weighted by Crippen LogP contribution is -2.23. The summed E-state index contributed by atoms with van der Waals surface area (Å²) in [4.78, 5) is 0. The van der Waals surface area contributed by atoms with E-state index in [2.05, 4.69) is 20.6 Å². The van der Waals surface area contributed by atoms with Crippen molar-refractivity contribution >= 4 is 29.2 Å². The zero-order chi connectivity index (χ0) is 19.8. The van der Waals surface area contributed by atoms with Gasteiger partial charge < -0.3 is 19.5 Å². The summed E-state index contributed by atoms with van der Waals surface area (Å²) in [6.07, 6.45) is 1.38. The molecule has 2 aromatic carbocycles. The molecule has 144 valence electrons. The van der Waals surface area contributed by atoms with E-state index in [0.717, 1.165) is 0 Å². The Labute approximate surface area is 158 Å². The van der Waals surface area contributed by atoms with Crippen molar-refractivity contribution in [2.45, 2.75) is 6.61 Å². The summed E-state index contributed by atoms with van der Waals surface area (Å²) >= 11 is 5.07. The Bertz CT molecular complexity index is 792. The molecule has 0 aliphatic rings. The van der Waals surface area contributed by atoms with E-state index >= 15 is 0 Å². The molecule has 6 nitrogen and oxygen atoms in total. The molecule has 2 rings (SSSR count). The summed E-state index contributed by atoms with van der Waals surface area (Å²) < 4.78 is 52.5. The molecule has 27 heavy (non-hydrogen) atoms. The van der Waals surface area contributed by atoms with Gasteiger partial charge in [-0.25, -0.2) is 4.39 Å². The third kappa shape index (κ3) is 6.03. The molecule has 0 aliphatic carbocycles. The Morgan fingerprint density at radius 1 is 1.11 bits per heavy atom. The number of hydrogen-bond acceptors (Lipinski definition) is 5. The van der Waals surface area contributed by atoms with Gasteiger partial charge in [0.2, 0.25) is 5.75 Å². The molecule has 0 bridgehead atoms. The number of hydrazone groups is 1. The van der Waals surface area contributed by atoms with Crippen LogP contribution in [0.5, 0.6) is 17.2 Å². The van der Waals surface area contributed by atoms with Crippen LogP contribution in [0, 0.1) is 5.82 Å². The number of halogens is 3. The number of ether oxygens (including phenoxy) is 3. The predicted octanol–water partition coefficient (Wildman–Crippen LogP) is 3.76. The lowest BCUT2D eigenvalue weighted by Gasteiger charge is -2.14. The van der Waals surface area contributed by atoms with Gasteiger partial charge in [-0.3, -0.25) is 5.43 Å². The van der Waals surface area contributed by atoms with Gasteiger partial charge in [0.1, 0.15) is 5.82 Å². The molecular formula is C17H16F3N3O3S. The van der Waals surface area contributed by atoms with Gasteiger partial charge in [-0.15, -0.1) is 0 Å². The summed E-state index contributed by atoms with van der Waals surface area (Å²) in [6.45, 7) is -3.02. The average molecular weight is 399 g/mol. The number of thiocarbonyl (C=S) groups is 1. The summed E-state index contributed by atoms with van der Waals surface area (Å²) in [5, 5.41) is 6.94. The van der Waals surface area contributed by atoms with Gasteiger partial charge >= 0.3 is 6.61 Å². The number of benzene rings is 2. The molecule has 0 aliphatic heterocycles. The first-order valence-electron chi connectivity index (χ1n) is 7.49. The van der Waals surface area contributed by atoms with E-state index in [9.17, 15) is 13.2 Å². The van der Waals surface area contributed by atoms with E-state index in [-0.39, 0.29) is 28.2 Å². The summed E-state index contributed by atoms with van der Waals surface area (Å²) in [7, 11) is 2.63. The van der Waals surface area contributed by atoms with Crippen molar-refractivity contribution in [2.75, 3.05) is 19.5 Å². The molecule has 0 saturated carbocycles. The van der Waals surface area contributed by atoms with Gasteiger partial charge in [-0.05, 0) is 48.6 Å². The minimum atomic E-state index is -3.02. The summed E-state index contributed by atoms with van der Waals surface area (Å²) in [5.74, 6) is -0.459. The molecular weight excluding hydrogens is 383 g/mol. The normalized spacial score (nSPS) is 10.7. The van der Waals surface area contributed by atoms with Crippen LogP contribution in [0.3, 0.4) is 0 Å². The average Bonchev–Trinajstić information content (AvgIpc) is 2.64. The molecule has 0 aromatic heterocycles. The Morgan fingerprint density at radius 3 is 2.22 bits per heavy atom. The van der Waals surface area contributed by atoms with Crippen LogP contribution in [-0.4, -0.2) is 32.2 Å². The lowest BCUT2D eigenvalue weighted by molar-refractivity contribution is -0.0526. The topological polar surface area (TPSA) is 64.1 Å². The van der Waals surface area contributed by atoms with Crippen molar-refractivity contribution in [2.24, 2.45) is 5.10 Å². The van der Waals surface area contributed by atoms with Gasteiger partial charge in [0.25, 0.3) is 0 Å². The second-order valence-corrected chi connectivity index (χ2v) is 5.37. The summed E-state index contributed by atoms with van der Waals surface area (Å²) in [5.41, 5.74) is 3.65. The van der Waals surface area contributed by atoms with Crippen LogP contribution in [0.15, 0.2) is 41.5 Å². The Balaban J connectivity index is 2.07. The number of anilines is 1. The highest BCUT2D eigenvalue weighted by atomic mass is 32.1. The fraction of sp³-hybridized carbons (Fsp3) is 0.176. The van der Waals surface area contributed by atoms with Crippen molar-refractivity contribution in [3.63, 3.8) is 0 Å². The number of nitrogens with zero attached hydrogens (tertiary/aromatic N) is 1. The molecule has 0 atom stereocenters. The third-order valence-electron chi connectivity index (χ3n) is 3.17. The molecule has 2 N–H and O–H groups in total. The van der Waals surface area contributed by atoms with E-state index in [1.807, 2.05) is 0 Å². The zero-order valence-electron chi connectivity index (χ0n) is 14.3. The van der Waals surface area contributed by atoms with Gasteiger partial charge in [-0.2, -0.15) is 13.9 Å². The number of methoxy groups -OCH3 is 2. The largest absolute Gasteiger partial charge is 0.493 e. The van der Waals surface area contributed by atoms with Crippen LogP contribution in [0.1, 0.15) is 5.56 Å². The maximum absolute atomic E-state index is 12.9. The zero-order valence-corrected chi connectivity index (χ0v) is 15.1. The predicted molar refractivity (Wildman–Crippen MR) is 99.5 cm³/mol. The highest BCUT2D eigenvalue weighted by Gasteiger charge is 2.17. The van der Waals surface area contributed by atoms with Crippen molar-refractivity contribution in [3.8, 4) is 17.2 Å². The highest BCUT2D eigenvalue weighted by Crippen LogP contribution is 2.39. The van der Waals surface area contributed by atoms with E-state index in [4.69, 9.17) is 21.7 Å². The maximum atomic E-state index is 12.9. The van der Waals surface area contributed by atoms with E-state index in [1.54, 1.807) is 0 Å². The molecule has 0 heterocycles. The number of nitrogens with one attached hydrogen (secondary N) is 2. The van der Waals surface area contributed by atoms with E-state index in [1.165, 1.54) is 56.8 Å². The number of rotatable bonds is 7. The Hall–Kier alpha value is -3.01. The first-order valence-corrected chi connectivity index (χ1v) is 7.90. The molecule has 0 saturated heterocycles. The maximum Gasteiger partial charge on any atom is 0.387 e. The minimum Gasteiger partial charge on any atom is -0.493 e. The molecule has 0 amide bonds. The van der Waals surface area contributed by atoms with Crippen molar-refractivity contribution in [1.29, 1.82) is 0 Å². The van der Waals surface area contributed by atoms with Crippen molar-refractivity contribution in [1.82, 2.24) is 5.43 Å². The fourth-order valence-corrected chi connectivity index (χ4v) is 2.21. The van der Waals surface area contributed by atoms with Gasteiger partial charge in [0.05, 0.1) is 20.4 Å². The molecule has 0 unspecified atom stereocenters. The quantitative estimate of drug-likeness (QED) is 0.420. The standard InChI is InChI=1S/C17H16F3N3O3S/c1-24-13-7-10(8-14(25-2)15(13)26-16(19)20)9-21-23-17(27)22-12-5-3-11(18)4-6-12/h3-9,16H,1-2H3,(H2,22,23,27)/b21-9-. The van der Waals surface area contributed by atoms with Crippen LogP contribution >= 0.6 is 12.2 Å². The highest BCUT2D eigenvalue weighted by molar-refractivity contribution is 7.80. The minimum absolute atomic E-state index is 0.0584. The fourth-order valence-electron chi connectivity index (χ4n) is 2.04.